The first-order chi connectivity index (χ1) is 13.9. The summed E-state index contributed by atoms with van der Waals surface area (Å²) in [5.74, 6) is 1.28. The fourth-order valence-corrected chi connectivity index (χ4v) is 4.07. The van der Waals surface area contributed by atoms with E-state index in [1.165, 1.54) is 23.2 Å². The van der Waals surface area contributed by atoms with Crippen molar-refractivity contribution in [3.63, 3.8) is 0 Å². The average molecular weight is 411 g/mol. The summed E-state index contributed by atoms with van der Waals surface area (Å²) in [7, 11) is -0.500. The molecule has 0 aliphatic carbocycles. The zero-order chi connectivity index (χ0) is 20.6. The van der Waals surface area contributed by atoms with Gasteiger partial charge in [-0.2, -0.15) is 4.80 Å². The number of rotatable bonds is 6. The van der Waals surface area contributed by atoms with E-state index in [2.05, 4.69) is 20.4 Å². The summed E-state index contributed by atoms with van der Waals surface area (Å²) in [6, 6.07) is 14.6. The Hall–Kier alpha value is -3.11. The van der Waals surface area contributed by atoms with Crippen LogP contribution in [0.25, 0.3) is 22.4 Å². The van der Waals surface area contributed by atoms with Crippen molar-refractivity contribution in [3.8, 4) is 11.4 Å². The summed E-state index contributed by atoms with van der Waals surface area (Å²) in [5.41, 5.74) is 2.37. The van der Waals surface area contributed by atoms with Crippen molar-refractivity contribution >= 4 is 21.1 Å². The highest BCUT2D eigenvalue weighted by Gasteiger charge is 2.20. The molecule has 0 N–H and O–H groups in total. The summed E-state index contributed by atoms with van der Waals surface area (Å²) < 4.78 is 28.1. The molecule has 0 spiro atoms. The fraction of sp³-hybridized carbons (Fsp3) is 0.263. The number of aromatic nitrogens is 6. The second-order valence-corrected chi connectivity index (χ2v) is 8.87. The highest BCUT2D eigenvalue weighted by atomic mass is 32.2. The van der Waals surface area contributed by atoms with E-state index in [-0.39, 0.29) is 4.90 Å². The van der Waals surface area contributed by atoms with E-state index in [1.807, 2.05) is 41.8 Å². The molecule has 9 nitrogen and oxygen atoms in total. The Morgan fingerprint density at radius 2 is 1.83 bits per heavy atom. The molecule has 2 heterocycles. The number of sulfonamides is 1. The predicted molar refractivity (Wildman–Crippen MR) is 109 cm³/mol. The average Bonchev–Trinajstić information content (AvgIpc) is 3.32. The van der Waals surface area contributed by atoms with Gasteiger partial charge in [0.25, 0.3) is 0 Å². The molecule has 150 valence electrons. The first-order valence-corrected chi connectivity index (χ1v) is 10.6. The molecule has 0 fully saturated rings. The minimum Gasteiger partial charge on any atom is -0.327 e. The minimum absolute atomic E-state index is 0.215. The highest BCUT2D eigenvalue weighted by Crippen LogP contribution is 2.22. The minimum atomic E-state index is -3.52. The molecule has 0 bridgehead atoms. The van der Waals surface area contributed by atoms with Gasteiger partial charge in [-0.3, -0.25) is 0 Å². The van der Waals surface area contributed by atoms with E-state index in [0.29, 0.717) is 24.4 Å². The lowest BCUT2D eigenvalue weighted by atomic mass is 10.2. The van der Waals surface area contributed by atoms with Gasteiger partial charge in [-0.1, -0.05) is 30.3 Å². The van der Waals surface area contributed by atoms with E-state index in [4.69, 9.17) is 0 Å². The molecule has 0 saturated heterocycles. The Balaban J connectivity index is 1.70. The maximum atomic E-state index is 12.4. The molecule has 0 amide bonds. The van der Waals surface area contributed by atoms with Crippen LogP contribution in [0.2, 0.25) is 0 Å². The highest BCUT2D eigenvalue weighted by molar-refractivity contribution is 7.89. The van der Waals surface area contributed by atoms with Crippen LogP contribution in [-0.4, -0.2) is 56.6 Å². The van der Waals surface area contributed by atoms with Crippen LogP contribution in [0.1, 0.15) is 12.7 Å². The van der Waals surface area contributed by atoms with Gasteiger partial charge in [0, 0.05) is 26.2 Å². The van der Waals surface area contributed by atoms with Crippen LogP contribution in [0.5, 0.6) is 0 Å². The van der Waals surface area contributed by atoms with Crippen molar-refractivity contribution in [3.05, 3.63) is 54.4 Å². The molecule has 2 aromatic carbocycles. The maximum absolute atomic E-state index is 12.4. The van der Waals surface area contributed by atoms with Crippen molar-refractivity contribution in [1.82, 2.24) is 34.1 Å². The van der Waals surface area contributed by atoms with Crippen LogP contribution < -0.4 is 0 Å². The summed E-state index contributed by atoms with van der Waals surface area (Å²) in [6.45, 7) is 3.03. The van der Waals surface area contributed by atoms with Crippen molar-refractivity contribution < 1.29 is 8.42 Å². The smallest absolute Gasteiger partial charge is 0.242 e. The Kier molecular flexibility index (Phi) is 4.89. The van der Waals surface area contributed by atoms with Gasteiger partial charge >= 0.3 is 0 Å². The monoisotopic (exact) mass is 411 g/mol. The lowest BCUT2D eigenvalue weighted by Crippen LogP contribution is -2.22. The lowest BCUT2D eigenvalue weighted by molar-refractivity contribution is 0.521. The molecule has 0 saturated carbocycles. The van der Waals surface area contributed by atoms with Crippen LogP contribution in [0.15, 0.2) is 53.4 Å². The number of nitrogens with zero attached hydrogens (tertiary/aromatic N) is 7. The quantitative estimate of drug-likeness (QED) is 0.481. The molecule has 0 aliphatic heterocycles. The summed E-state index contributed by atoms with van der Waals surface area (Å²) in [5, 5.41) is 12.7. The normalized spacial score (nSPS) is 12.1. The number of hydrogen-bond acceptors (Lipinski definition) is 6. The van der Waals surface area contributed by atoms with Gasteiger partial charge in [0.05, 0.1) is 15.9 Å². The second kappa shape index (κ2) is 7.37. The molecule has 4 rings (SSSR count). The third kappa shape index (κ3) is 3.52. The van der Waals surface area contributed by atoms with Crippen LogP contribution >= 0.6 is 0 Å². The van der Waals surface area contributed by atoms with E-state index >= 15 is 0 Å². The number of aryl methyl sites for hydroxylation is 1. The van der Waals surface area contributed by atoms with Gasteiger partial charge in [-0.15, -0.1) is 10.2 Å². The standard InChI is InChI=1S/C19H21N7O2S/c1-4-25-17-11-10-15(29(27,28)24(2)3)12-16(17)20-18(25)13-26-22-19(21-23-26)14-8-6-5-7-9-14/h5-12H,4,13H2,1-3H3. The van der Waals surface area contributed by atoms with Crippen LogP contribution in [0, 0.1) is 0 Å². The van der Waals surface area contributed by atoms with Gasteiger partial charge in [-0.05, 0) is 30.3 Å². The molecule has 29 heavy (non-hydrogen) atoms. The zero-order valence-corrected chi connectivity index (χ0v) is 17.2. The Morgan fingerprint density at radius 1 is 1.07 bits per heavy atom. The fourth-order valence-electron chi connectivity index (χ4n) is 3.14. The number of fused-ring (bicyclic) bond motifs is 1. The second-order valence-electron chi connectivity index (χ2n) is 6.72. The van der Waals surface area contributed by atoms with E-state index in [1.54, 1.807) is 18.2 Å². The first-order valence-electron chi connectivity index (χ1n) is 9.15. The Morgan fingerprint density at radius 3 is 2.52 bits per heavy atom. The summed E-state index contributed by atoms with van der Waals surface area (Å²) in [4.78, 5) is 6.35. The molecule has 4 aromatic rings. The van der Waals surface area contributed by atoms with E-state index < -0.39 is 10.0 Å². The largest absolute Gasteiger partial charge is 0.327 e. The van der Waals surface area contributed by atoms with Crippen molar-refractivity contribution in [2.75, 3.05) is 14.1 Å². The number of tetrazole rings is 1. The predicted octanol–water partition coefficient (Wildman–Crippen LogP) is 2.01. The number of imidazole rings is 1. The van der Waals surface area contributed by atoms with Crippen LogP contribution in [0.4, 0.5) is 0 Å². The molecular formula is C19H21N7O2S. The molecular weight excluding hydrogens is 390 g/mol. The Bertz CT molecular complexity index is 1260. The molecule has 10 heteroatoms. The topological polar surface area (TPSA) is 98.8 Å². The Labute approximate surface area is 168 Å². The number of hydrogen-bond donors (Lipinski definition) is 0. The zero-order valence-electron chi connectivity index (χ0n) is 16.4. The summed E-state index contributed by atoms with van der Waals surface area (Å²) in [6.07, 6.45) is 0. The summed E-state index contributed by atoms with van der Waals surface area (Å²) >= 11 is 0. The van der Waals surface area contributed by atoms with Gasteiger partial charge in [0.15, 0.2) is 0 Å². The van der Waals surface area contributed by atoms with Gasteiger partial charge in [0.2, 0.25) is 15.8 Å². The molecule has 0 radical (unpaired) electrons. The van der Waals surface area contributed by atoms with E-state index in [0.717, 1.165) is 16.9 Å². The molecule has 0 aliphatic rings. The first kappa shape index (κ1) is 19.2. The van der Waals surface area contributed by atoms with Gasteiger partial charge < -0.3 is 4.57 Å². The maximum Gasteiger partial charge on any atom is 0.242 e. The van der Waals surface area contributed by atoms with Gasteiger partial charge in [-0.25, -0.2) is 17.7 Å². The van der Waals surface area contributed by atoms with Crippen LogP contribution in [0.3, 0.4) is 0 Å². The molecule has 0 atom stereocenters. The SMILES string of the molecule is CCn1c(Cn2nnc(-c3ccccc3)n2)nc2cc(S(=O)(=O)N(C)C)ccc21. The van der Waals surface area contributed by atoms with Gasteiger partial charge in [0.1, 0.15) is 12.4 Å². The molecule has 2 aromatic heterocycles. The molecule has 0 unspecified atom stereocenters. The number of benzene rings is 2. The third-order valence-electron chi connectivity index (χ3n) is 4.66. The van der Waals surface area contributed by atoms with E-state index in [9.17, 15) is 8.42 Å². The lowest BCUT2D eigenvalue weighted by Gasteiger charge is -2.11. The van der Waals surface area contributed by atoms with Crippen molar-refractivity contribution in [2.45, 2.75) is 24.9 Å². The third-order valence-corrected chi connectivity index (χ3v) is 6.47. The van der Waals surface area contributed by atoms with Crippen molar-refractivity contribution in [1.29, 1.82) is 0 Å². The van der Waals surface area contributed by atoms with Crippen molar-refractivity contribution in [2.24, 2.45) is 0 Å². The van der Waals surface area contributed by atoms with Crippen LogP contribution in [-0.2, 0) is 23.1 Å².